The van der Waals surface area contributed by atoms with Crippen LogP contribution in [0.2, 0.25) is 0 Å². The van der Waals surface area contributed by atoms with Crippen LogP contribution in [0.15, 0.2) is 0 Å². The second-order valence-corrected chi connectivity index (χ2v) is 4.39. The van der Waals surface area contributed by atoms with Gasteiger partial charge in [-0.2, -0.15) is 0 Å². The average molecular weight is 224 g/mol. The standard InChI is InChI=1S/C11H16N2O3/c1-4-11(2,3)12-10(16)13-7-5-6-8(13)9(14)15/h1,8H,5-7H2,2-3H3,(H,12,16)(H,14,15)/t8-/m1/s1. The molecule has 16 heavy (non-hydrogen) atoms. The Labute approximate surface area is 94.8 Å². The maximum Gasteiger partial charge on any atom is 0.326 e. The van der Waals surface area contributed by atoms with Crippen LogP contribution in [-0.4, -0.2) is 40.1 Å². The van der Waals surface area contributed by atoms with E-state index in [1.807, 2.05) is 0 Å². The van der Waals surface area contributed by atoms with Crippen LogP contribution in [0.1, 0.15) is 26.7 Å². The minimum Gasteiger partial charge on any atom is -0.480 e. The fourth-order valence-corrected chi connectivity index (χ4v) is 1.64. The van der Waals surface area contributed by atoms with Crippen LogP contribution in [-0.2, 0) is 4.79 Å². The molecule has 2 amide bonds. The molecular formula is C11H16N2O3. The van der Waals surface area contributed by atoms with Gasteiger partial charge in [-0.25, -0.2) is 9.59 Å². The number of likely N-dealkylation sites (tertiary alicyclic amines) is 1. The Kier molecular flexibility index (Phi) is 3.43. The van der Waals surface area contributed by atoms with Gasteiger partial charge in [-0.15, -0.1) is 6.42 Å². The summed E-state index contributed by atoms with van der Waals surface area (Å²) in [6, 6.07) is -1.14. The molecule has 1 atom stereocenters. The minimum absolute atomic E-state index is 0.409. The molecular weight excluding hydrogens is 208 g/mol. The second-order valence-electron chi connectivity index (χ2n) is 4.39. The molecule has 1 aliphatic heterocycles. The lowest BCUT2D eigenvalue weighted by Gasteiger charge is -2.27. The first-order chi connectivity index (χ1) is 7.37. The summed E-state index contributed by atoms with van der Waals surface area (Å²) >= 11 is 0. The van der Waals surface area contributed by atoms with Crippen LogP contribution < -0.4 is 5.32 Å². The molecule has 0 spiro atoms. The van der Waals surface area contributed by atoms with Crippen LogP contribution in [0, 0.1) is 12.3 Å². The zero-order valence-electron chi connectivity index (χ0n) is 9.49. The number of carbonyl (C=O) groups excluding carboxylic acids is 1. The van der Waals surface area contributed by atoms with E-state index in [0.717, 1.165) is 0 Å². The SMILES string of the molecule is C#CC(C)(C)NC(=O)N1CCC[C@@H]1C(=O)O. The lowest BCUT2D eigenvalue weighted by Crippen LogP contribution is -2.52. The summed E-state index contributed by atoms with van der Waals surface area (Å²) in [6.07, 6.45) is 6.46. The number of carboxylic acid groups (broad SMARTS) is 1. The van der Waals surface area contributed by atoms with E-state index in [9.17, 15) is 9.59 Å². The van der Waals surface area contributed by atoms with Crippen LogP contribution in [0.3, 0.4) is 0 Å². The van der Waals surface area contributed by atoms with Crippen molar-refractivity contribution in [2.45, 2.75) is 38.3 Å². The Balaban J connectivity index is 2.68. The molecule has 1 aliphatic rings. The molecule has 0 bridgehead atoms. The van der Waals surface area contributed by atoms with Crippen LogP contribution in [0.4, 0.5) is 4.79 Å². The van der Waals surface area contributed by atoms with E-state index in [2.05, 4.69) is 11.2 Å². The van der Waals surface area contributed by atoms with Crippen molar-refractivity contribution in [3.05, 3.63) is 0 Å². The molecule has 0 saturated carbocycles. The summed E-state index contributed by atoms with van der Waals surface area (Å²) in [5.74, 6) is 1.47. The van der Waals surface area contributed by atoms with Crippen molar-refractivity contribution >= 4 is 12.0 Å². The fourth-order valence-electron chi connectivity index (χ4n) is 1.64. The molecule has 0 aromatic rings. The Hall–Kier alpha value is -1.70. The zero-order valence-corrected chi connectivity index (χ0v) is 9.49. The molecule has 0 aliphatic carbocycles. The number of aliphatic carboxylic acids is 1. The number of hydrogen-bond acceptors (Lipinski definition) is 2. The van der Waals surface area contributed by atoms with Crippen molar-refractivity contribution in [2.75, 3.05) is 6.54 Å². The molecule has 1 heterocycles. The predicted octanol–water partition coefficient (Wildman–Crippen LogP) is 0.657. The van der Waals surface area contributed by atoms with Gasteiger partial charge in [-0.3, -0.25) is 0 Å². The maximum absolute atomic E-state index is 11.8. The number of nitrogens with zero attached hydrogens (tertiary/aromatic N) is 1. The Morgan fingerprint density at radius 1 is 1.56 bits per heavy atom. The highest BCUT2D eigenvalue weighted by atomic mass is 16.4. The van der Waals surface area contributed by atoms with E-state index in [-0.39, 0.29) is 0 Å². The van der Waals surface area contributed by atoms with Gasteiger partial charge in [0.05, 0.1) is 5.54 Å². The molecule has 0 aromatic heterocycles. The molecule has 1 fully saturated rings. The van der Waals surface area contributed by atoms with Gasteiger partial charge in [0.2, 0.25) is 0 Å². The largest absolute Gasteiger partial charge is 0.480 e. The zero-order chi connectivity index (χ0) is 12.3. The summed E-state index contributed by atoms with van der Waals surface area (Å²) in [6.45, 7) is 3.84. The summed E-state index contributed by atoms with van der Waals surface area (Å²) in [4.78, 5) is 24.0. The number of rotatable bonds is 2. The third-order valence-electron chi connectivity index (χ3n) is 2.58. The predicted molar refractivity (Wildman–Crippen MR) is 58.8 cm³/mol. The van der Waals surface area contributed by atoms with Gasteiger partial charge in [0, 0.05) is 6.54 Å². The number of hydrogen-bond donors (Lipinski definition) is 2. The monoisotopic (exact) mass is 224 g/mol. The van der Waals surface area contributed by atoms with Crippen molar-refractivity contribution in [1.29, 1.82) is 0 Å². The lowest BCUT2D eigenvalue weighted by molar-refractivity contribution is -0.141. The molecule has 5 nitrogen and oxygen atoms in total. The molecule has 2 N–H and O–H groups in total. The molecule has 1 rings (SSSR count). The number of terminal acetylenes is 1. The van der Waals surface area contributed by atoms with Crippen LogP contribution in [0.5, 0.6) is 0 Å². The molecule has 5 heteroatoms. The lowest BCUT2D eigenvalue weighted by atomic mass is 10.1. The number of amides is 2. The Bertz CT molecular complexity index is 344. The molecule has 0 radical (unpaired) electrons. The molecule has 0 aromatic carbocycles. The topological polar surface area (TPSA) is 69.6 Å². The van der Waals surface area contributed by atoms with E-state index < -0.39 is 23.6 Å². The van der Waals surface area contributed by atoms with Crippen LogP contribution in [0.25, 0.3) is 0 Å². The number of nitrogens with one attached hydrogen (secondary N) is 1. The number of carboxylic acids is 1. The van der Waals surface area contributed by atoms with Crippen molar-refractivity contribution in [3.8, 4) is 12.3 Å². The van der Waals surface area contributed by atoms with Gasteiger partial charge < -0.3 is 15.3 Å². The van der Waals surface area contributed by atoms with E-state index >= 15 is 0 Å². The minimum atomic E-state index is -0.967. The highest BCUT2D eigenvalue weighted by molar-refractivity contribution is 5.83. The Morgan fingerprint density at radius 2 is 2.19 bits per heavy atom. The first-order valence-electron chi connectivity index (χ1n) is 5.17. The third-order valence-corrected chi connectivity index (χ3v) is 2.58. The molecule has 88 valence electrons. The quantitative estimate of drug-likeness (QED) is 0.677. The Morgan fingerprint density at radius 3 is 2.69 bits per heavy atom. The van der Waals surface area contributed by atoms with Crippen molar-refractivity contribution in [1.82, 2.24) is 10.2 Å². The first kappa shape index (κ1) is 12.4. The van der Waals surface area contributed by atoms with Gasteiger partial charge in [0.25, 0.3) is 0 Å². The van der Waals surface area contributed by atoms with E-state index in [1.165, 1.54) is 4.90 Å². The van der Waals surface area contributed by atoms with Crippen LogP contribution >= 0.6 is 0 Å². The van der Waals surface area contributed by atoms with E-state index in [4.69, 9.17) is 11.5 Å². The smallest absolute Gasteiger partial charge is 0.326 e. The molecule has 1 saturated heterocycles. The fraction of sp³-hybridized carbons (Fsp3) is 0.636. The summed E-state index contributed by atoms with van der Waals surface area (Å²) in [7, 11) is 0. The highest BCUT2D eigenvalue weighted by Gasteiger charge is 2.35. The summed E-state index contributed by atoms with van der Waals surface area (Å²) in [5, 5.41) is 11.5. The van der Waals surface area contributed by atoms with Gasteiger partial charge in [-0.05, 0) is 26.7 Å². The van der Waals surface area contributed by atoms with Gasteiger partial charge >= 0.3 is 12.0 Å². The normalized spacial score (nSPS) is 20.3. The summed E-state index contributed by atoms with van der Waals surface area (Å²) in [5.41, 5.74) is -0.761. The number of urea groups is 1. The first-order valence-corrected chi connectivity index (χ1v) is 5.17. The second kappa shape index (κ2) is 4.44. The average Bonchev–Trinajstić information content (AvgIpc) is 2.65. The maximum atomic E-state index is 11.8. The highest BCUT2D eigenvalue weighted by Crippen LogP contribution is 2.18. The van der Waals surface area contributed by atoms with Gasteiger partial charge in [0.15, 0.2) is 0 Å². The van der Waals surface area contributed by atoms with Crippen molar-refractivity contribution in [2.24, 2.45) is 0 Å². The third kappa shape index (κ3) is 2.66. The van der Waals surface area contributed by atoms with Gasteiger partial charge in [-0.1, -0.05) is 5.92 Å². The summed E-state index contributed by atoms with van der Waals surface area (Å²) < 4.78 is 0. The number of carbonyl (C=O) groups is 2. The molecule has 0 unspecified atom stereocenters. The van der Waals surface area contributed by atoms with E-state index in [0.29, 0.717) is 19.4 Å². The van der Waals surface area contributed by atoms with Crippen molar-refractivity contribution < 1.29 is 14.7 Å². The van der Waals surface area contributed by atoms with E-state index in [1.54, 1.807) is 13.8 Å². The van der Waals surface area contributed by atoms with Crippen molar-refractivity contribution in [3.63, 3.8) is 0 Å². The van der Waals surface area contributed by atoms with Gasteiger partial charge in [0.1, 0.15) is 6.04 Å².